The maximum atomic E-state index is 13.0. The Kier molecular flexibility index (Phi) is 3.24. The van der Waals surface area contributed by atoms with Gasteiger partial charge in [0.15, 0.2) is 0 Å². The second kappa shape index (κ2) is 4.70. The van der Waals surface area contributed by atoms with Crippen molar-refractivity contribution < 1.29 is 8.42 Å². The quantitative estimate of drug-likeness (QED) is 0.728. The average Bonchev–Trinajstić information content (AvgIpc) is 2.82. The largest absolute Gasteiger partial charge is 0.264 e. The van der Waals surface area contributed by atoms with E-state index in [4.69, 9.17) is 0 Å². The van der Waals surface area contributed by atoms with Gasteiger partial charge in [0.1, 0.15) is 4.75 Å². The molecule has 0 fully saturated rings. The number of rotatable bonds is 2. The van der Waals surface area contributed by atoms with Crippen LogP contribution in [0.4, 0.5) is 0 Å². The Labute approximate surface area is 131 Å². The minimum Gasteiger partial charge on any atom is -0.264 e. The topological polar surface area (TPSA) is 52.0 Å². The first-order valence-electron chi connectivity index (χ1n) is 6.14. The van der Waals surface area contributed by atoms with Crippen molar-refractivity contribution in [1.29, 1.82) is 0 Å². The van der Waals surface area contributed by atoms with Gasteiger partial charge in [0.2, 0.25) is 10.0 Å². The zero-order chi connectivity index (χ0) is 14.4. The van der Waals surface area contributed by atoms with Crippen LogP contribution in [0.25, 0.3) is 10.9 Å². The molecule has 0 saturated carbocycles. The van der Waals surface area contributed by atoms with E-state index in [1.165, 1.54) is 3.97 Å². The molecule has 0 saturated heterocycles. The number of hydrogen-bond donors (Lipinski definition) is 0. The van der Waals surface area contributed by atoms with Crippen LogP contribution < -0.4 is 0 Å². The van der Waals surface area contributed by atoms with Crippen LogP contribution in [0.15, 0.2) is 52.5 Å². The predicted molar refractivity (Wildman–Crippen MR) is 88.3 cm³/mol. The fourth-order valence-electron chi connectivity index (χ4n) is 2.38. The van der Waals surface area contributed by atoms with Gasteiger partial charge in [-0.1, -0.05) is 18.2 Å². The number of aromatic nitrogens is 2. The predicted octanol–water partition coefficient (Wildman–Crippen LogP) is 3.25. The van der Waals surface area contributed by atoms with E-state index in [-0.39, 0.29) is 0 Å². The lowest BCUT2D eigenvalue weighted by Crippen LogP contribution is -2.38. The third kappa shape index (κ3) is 2.01. The molecule has 0 N–H and O–H groups in total. The summed E-state index contributed by atoms with van der Waals surface area (Å²) in [5.74, 6) is 0. The van der Waals surface area contributed by atoms with E-state index in [1.807, 2.05) is 12.2 Å². The van der Waals surface area contributed by atoms with Crippen molar-refractivity contribution in [3.8, 4) is 0 Å². The summed E-state index contributed by atoms with van der Waals surface area (Å²) in [4.78, 5) is 4.02. The Balaban J connectivity index is 2.18. The van der Waals surface area contributed by atoms with Crippen molar-refractivity contribution in [2.75, 3.05) is 0 Å². The highest BCUT2D eigenvalue weighted by molar-refractivity contribution is 14.1. The number of fused-ring (bicyclic) bond motifs is 1. The highest BCUT2D eigenvalue weighted by atomic mass is 127. The molecule has 0 amide bonds. The van der Waals surface area contributed by atoms with Gasteiger partial charge in [0.05, 0.1) is 5.52 Å². The van der Waals surface area contributed by atoms with Crippen LogP contribution in [0.5, 0.6) is 0 Å². The van der Waals surface area contributed by atoms with Crippen LogP contribution in [-0.2, 0) is 10.0 Å². The SMILES string of the molecule is CC1(S(=O)(=O)n2ccc3cnccc32)C=CC=C(I)C1. The molecular formula is C14H13IN2O2S. The van der Waals surface area contributed by atoms with E-state index in [9.17, 15) is 8.42 Å². The lowest BCUT2D eigenvalue weighted by molar-refractivity contribution is 0.554. The highest BCUT2D eigenvalue weighted by Gasteiger charge is 2.40. The van der Waals surface area contributed by atoms with E-state index >= 15 is 0 Å². The van der Waals surface area contributed by atoms with Crippen LogP contribution in [0, 0.1) is 0 Å². The third-order valence-electron chi connectivity index (χ3n) is 3.55. The summed E-state index contributed by atoms with van der Waals surface area (Å²) in [6.45, 7) is 1.76. The molecule has 1 aliphatic rings. The maximum absolute atomic E-state index is 13.0. The summed E-state index contributed by atoms with van der Waals surface area (Å²) < 4.78 is 27.5. The molecule has 0 radical (unpaired) electrons. The maximum Gasteiger partial charge on any atom is 0.248 e. The molecule has 1 unspecified atom stereocenters. The van der Waals surface area contributed by atoms with Gasteiger partial charge in [-0.15, -0.1) is 0 Å². The number of pyridine rings is 1. The summed E-state index contributed by atoms with van der Waals surface area (Å²) in [6.07, 6.45) is 10.9. The monoisotopic (exact) mass is 400 g/mol. The van der Waals surface area contributed by atoms with Crippen molar-refractivity contribution in [3.63, 3.8) is 0 Å². The molecule has 1 aliphatic carbocycles. The Bertz CT molecular complexity index is 836. The summed E-state index contributed by atoms with van der Waals surface area (Å²) in [5.41, 5.74) is 0.666. The molecule has 4 nitrogen and oxygen atoms in total. The first-order chi connectivity index (χ1) is 9.44. The van der Waals surface area contributed by atoms with Gasteiger partial charge in [-0.05, 0) is 45.2 Å². The molecule has 0 aliphatic heterocycles. The molecule has 1 atom stereocenters. The van der Waals surface area contributed by atoms with E-state index in [1.54, 1.807) is 43.7 Å². The van der Waals surface area contributed by atoms with Crippen LogP contribution >= 0.6 is 22.6 Å². The molecule has 2 aromatic rings. The molecule has 20 heavy (non-hydrogen) atoms. The van der Waals surface area contributed by atoms with Crippen molar-refractivity contribution >= 4 is 43.5 Å². The van der Waals surface area contributed by atoms with Crippen LogP contribution in [0.3, 0.4) is 0 Å². The van der Waals surface area contributed by atoms with Gasteiger partial charge in [0, 0.05) is 30.4 Å². The smallest absolute Gasteiger partial charge is 0.248 e. The van der Waals surface area contributed by atoms with Gasteiger partial charge >= 0.3 is 0 Å². The van der Waals surface area contributed by atoms with E-state index in [0.717, 1.165) is 8.97 Å². The van der Waals surface area contributed by atoms with Crippen molar-refractivity contribution in [2.24, 2.45) is 0 Å². The third-order valence-corrected chi connectivity index (χ3v) is 6.59. The van der Waals surface area contributed by atoms with Gasteiger partial charge in [-0.3, -0.25) is 4.98 Å². The number of allylic oxidation sites excluding steroid dienone is 3. The molecule has 0 spiro atoms. The fraction of sp³-hybridized carbons (Fsp3) is 0.214. The molecule has 0 aromatic carbocycles. The van der Waals surface area contributed by atoms with E-state index in [2.05, 4.69) is 27.6 Å². The van der Waals surface area contributed by atoms with E-state index < -0.39 is 14.8 Å². The van der Waals surface area contributed by atoms with E-state index in [0.29, 0.717) is 11.9 Å². The highest BCUT2D eigenvalue weighted by Crippen LogP contribution is 2.35. The van der Waals surface area contributed by atoms with Crippen molar-refractivity contribution in [3.05, 3.63) is 52.5 Å². The zero-order valence-electron chi connectivity index (χ0n) is 10.8. The molecule has 0 bridgehead atoms. The van der Waals surface area contributed by atoms with Gasteiger partial charge in [-0.25, -0.2) is 12.4 Å². The molecular weight excluding hydrogens is 387 g/mol. The minimum atomic E-state index is -3.52. The normalized spacial score (nSPS) is 23.0. The van der Waals surface area contributed by atoms with Crippen LogP contribution in [-0.4, -0.2) is 22.1 Å². The van der Waals surface area contributed by atoms with Crippen LogP contribution in [0.1, 0.15) is 13.3 Å². The van der Waals surface area contributed by atoms with Gasteiger partial charge in [0.25, 0.3) is 0 Å². The van der Waals surface area contributed by atoms with Gasteiger partial charge in [-0.2, -0.15) is 0 Å². The minimum absolute atomic E-state index is 0.497. The van der Waals surface area contributed by atoms with Crippen molar-refractivity contribution in [1.82, 2.24) is 8.96 Å². The molecule has 2 heterocycles. The second-order valence-corrected chi connectivity index (χ2v) is 8.67. The summed E-state index contributed by atoms with van der Waals surface area (Å²) in [6, 6.07) is 3.50. The fourth-order valence-corrected chi connectivity index (χ4v) is 5.32. The molecule has 6 heteroatoms. The number of nitrogens with zero attached hydrogens (tertiary/aromatic N) is 2. The van der Waals surface area contributed by atoms with Crippen molar-refractivity contribution in [2.45, 2.75) is 18.1 Å². The first-order valence-corrected chi connectivity index (χ1v) is 8.66. The Morgan fingerprint density at radius 3 is 2.95 bits per heavy atom. The molecule has 2 aromatic heterocycles. The molecule has 104 valence electrons. The Morgan fingerprint density at radius 1 is 1.40 bits per heavy atom. The summed E-state index contributed by atoms with van der Waals surface area (Å²) >= 11 is 2.18. The number of halogens is 1. The number of hydrogen-bond acceptors (Lipinski definition) is 3. The Morgan fingerprint density at radius 2 is 2.20 bits per heavy atom. The molecule has 3 rings (SSSR count). The van der Waals surface area contributed by atoms with Gasteiger partial charge < -0.3 is 0 Å². The summed E-state index contributed by atoms with van der Waals surface area (Å²) in [5, 5.41) is 0.824. The Hall–Kier alpha value is -1.15. The lowest BCUT2D eigenvalue weighted by Gasteiger charge is -2.28. The second-order valence-electron chi connectivity index (χ2n) is 5.01. The zero-order valence-corrected chi connectivity index (χ0v) is 13.8. The first kappa shape index (κ1) is 13.8. The summed E-state index contributed by atoms with van der Waals surface area (Å²) in [7, 11) is -3.52. The van der Waals surface area contributed by atoms with Crippen LogP contribution in [0.2, 0.25) is 0 Å². The standard InChI is InChI=1S/C14H13IN2O2S/c1-14(6-2-3-12(15)9-14)20(18,19)17-8-5-11-10-16-7-4-13(11)17/h2-8,10H,9H2,1H3. The average molecular weight is 400 g/mol. The lowest BCUT2D eigenvalue weighted by atomic mass is 10.0.